The lowest BCUT2D eigenvalue weighted by Gasteiger charge is -2.28. The summed E-state index contributed by atoms with van der Waals surface area (Å²) in [5.41, 5.74) is 0. The Morgan fingerprint density at radius 3 is 2.50 bits per heavy atom. The third-order valence-electron chi connectivity index (χ3n) is 3.13. The van der Waals surface area contributed by atoms with E-state index in [1.807, 2.05) is 0 Å². The zero-order valence-corrected chi connectivity index (χ0v) is 7.96. The molecule has 0 spiro atoms. The third-order valence-corrected chi connectivity index (χ3v) is 3.13. The quantitative estimate of drug-likeness (QED) is 0.521. The predicted octanol–water partition coefficient (Wildman–Crippen LogP) is 3.08. The highest BCUT2D eigenvalue weighted by Gasteiger charge is 2.22. The second-order valence-corrected chi connectivity index (χ2v) is 3.86. The highest BCUT2D eigenvalue weighted by atomic mass is 17.1. The molecule has 1 fully saturated rings. The van der Waals surface area contributed by atoms with Crippen LogP contribution < -0.4 is 0 Å². The molecule has 1 aliphatic rings. The van der Waals surface area contributed by atoms with Crippen LogP contribution in [0.3, 0.4) is 0 Å². The van der Waals surface area contributed by atoms with Gasteiger partial charge in [-0.05, 0) is 11.8 Å². The lowest BCUT2D eigenvalue weighted by molar-refractivity contribution is -0.254. The Kier molecular flexibility index (Phi) is 4.62. The molecule has 0 saturated heterocycles. The Morgan fingerprint density at radius 2 is 2.00 bits per heavy atom. The molecule has 0 radical (unpaired) electrons. The first-order chi connectivity index (χ1) is 5.88. The zero-order valence-electron chi connectivity index (χ0n) is 7.96. The van der Waals surface area contributed by atoms with Gasteiger partial charge in [0.25, 0.3) is 0 Å². The van der Waals surface area contributed by atoms with Crippen LogP contribution in [0, 0.1) is 11.8 Å². The summed E-state index contributed by atoms with van der Waals surface area (Å²) < 4.78 is 0. The van der Waals surface area contributed by atoms with Crippen LogP contribution in [-0.2, 0) is 4.89 Å². The van der Waals surface area contributed by atoms with Crippen molar-refractivity contribution in [2.75, 3.05) is 6.61 Å². The molecule has 2 heteroatoms. The Balaban J connectivity index is 2.29. The van der Waals surface area contributed by atoms with Crippen LogP contribution in [0.1, 0.15) is 45.4 Å². The van der Waals surface area contributed by atoms with Gasteiger partial charge in [0.05, 0.1) is 6.61 Å². The van der Waals surface area contributed by atoms with Crippen LogP contribution in [0.5, 0.6) is 0 Å². The molecule has 0 amide bonds. The maximum Gasteiger partial charge on any atom is 0.0850 e. The first-order valence-electron chi connectivity index (χ1n) is 5.14. The molecule has 1 unspecified atom stereocenters. The van der Waals surface area contributed by atoms with Crippen LogP contribution in [0.15, 0.2) is 0 Å². The second-order valence-electron chi connectivity index (χ2n) is 3.86. The minimum Gasteiger partial charge on any atom is -0.252 e. The lowest BCUT2D eigenvalue weighted by Crippen LogP contribution is -2.21. The molecule has 1 rings (SSSR count). The molecular formula is C10H20O2. The summed E-state index contributed by atoms with van der Waals surface area (Å²) in [6.07, 6.45) is 7.93. The summed E-state index contributed by atoms with van der Waals surface area (Å²) in [6.45, 7) is 2.71. The lowest BCUT2D eigenvalue weighted by atomic mass is 9.79. The Labute approximate surface area is 74.9 Å². The number of hydrogen-bond acceptors (Lipinski definition) is 2. The fourth-order valence-corrected chi connectivity index (χ4v) is 2.29. The summed E-state index contributed by atoms with van der Waals surface area (Å²) >= 11 is 0. The largest absolute Gasteiger partial charge is 0.252 e. The van der Waals surface area contributed by atoms with Crippen molar-refractivity contribution in [3.8, 4) is 0 Å². The van der Waals surface area contributed by atoms with E-state index in [0.717, 1.165) is 12.3 Å². The van der Waals surface area contributed by atoms with Gasteiger partial charge < -0.3 is 0 Å². The predicted molar refractivity (Wildman–Crippen MR) is 48.9 cm³/mol. The van der Waals surface area contributed by atoms with Gasteiger partial charge in [-0.15, -0.1) is 0 Å². The van der Waals surface area contributed by atoms with Gasteiger partial charge in [-0.25, -0.2) is 4.89 Å². The average molecular weight is 172 g/mol. The highest BCUT2D eigenvalue weighted by Crippen LogP contribution is 2.31. The first-order valence-corrected chi connectivity index (χ1v) is 5.14. The maximum absolute atomic E-state index is 8.40. The van der Waals surface area contributed by atoms with Crippen molar-refractivity contribution in [1.82, 2.24) is 0 Å². The molecule has 72 valence electrons. The monoisotopic (exact) mass is 172 g/mol. The summed E-state index contributed by atoms with van der Waals surface area (Å²) in [6, 6.07) is 0. The van der Waals surface area contributed by atoms with Crippen molar-refractivity contribution < 1.29 is 10.1 Å². The Morgan fingerprint density at radius 1 is 1.33 bits per heavy atom. The molecular weight excluding hydrogens is 152 g/mol. The van der Waals surface area contributed by atoms with E-state index in [1.54, 1.807) is 0 Å². The van der Waals surface area contributed by atoms with E-state index in [1.165, 1.54) is 32.1 Å². The van der Waals surface area contributed by atoms with Crippen LogP contribution >= 0.6 is 0 Å². The van der Waals surface area contributed by atoms with Gasteiger partial charge in [0, 0.05) is 0 Å². The normalized spacial score (nSPS) is 22.5. The van der Waals surface area contributed by atoms with E-state index in [4.69, 9.17) is 5.26 Å². The van der Waals surface area contributed by atoms with E-state index in [2.05, 4.69) is 11.8 Å². The standard InChI is InChI=1S/C10H20O2/c1-2-9(8-12-11)10-6-4-3-5-7-10/h9-11H,2-8H2,1H3. The molecule has 0 aromatic rings. The third kappa shape index (κ3) is 2.76. The fourth-order valence-electron chi connectivity index (χ4n) is 2.29. The van der Waals surface area contributed by atoms with Crippen molar-refractivity contribution >= 4 is 0 Å². The molecule has 12 heavy (non-hydrogen) atoms. The van der Waals surface area contributed by atoms with Gasteiger partial charge in [-0.3, -0.25) is 5.26 Å². The molecule has 1 saturated carbocycles. The van der Waals surface area contributed by atoms with Gasteiger partial charge in [0.15, 0.2) is 0 Å². The molecule has 0 heterocycles. The van der Waals surface area contributed by atoms with Crippen molar-refractivity contribution in [2.45, 2.75) is 45.4 Å². The maximum atomic E-state index is 8.40. The topological polar surface area (TPSA) is 29.5 Å². The summed E-state index contributed by atoms with van der Waals surface area (Å²) in [5, 5.41) is 8.40. The van der Waals surface area contributed by atoms with E-state index in [9.17, 15) is 0 Å². The second kappa shape index (κ2) is 5.55. The summed E-state index contributed by atoms with van der Waals surface area (Å²) in [4.78, 5) is 4.25. The zero-order chi connectivity index (χ0) is 8.81. The average Bonchev–Trinajstić information content (AvgIpc) is 2.15. The minimum absolute atomic E-state index is 0.529. The van der Waals surface area contributed by atoms with Gasteiger partial charge in [0.1, 0.15) is 0 Å². The van der Waals surface area contributed by atoms with Crippen molar-refractivity contribution in [1.29, 1.82) is 0 Å². The fraction of sp³-hybridized carbons (Fsp3) is 1.00. The van der Waals surface area contributed by atoms with Crippen molar-refractivity contribution in [3.63, 3.8) is 0 Å². The van der Waals surface area contributed by atoms with Gasteiger partial charge in [0.2, 0.25) is 0 Å². The molecule has 0 aromatic carbocycles. The molecule has 0 bridgehead atoms. The van der Waals surface area contributed by atoms with Crippen molar-refractivity contribution in [3.05, 3.63) is 0 Å². The first kappa shape index (κ1) is 10.0. The Hall–Kier alpha value is -0.0800. The minimum atomic E-state index is 0.529. The van der Waals surface area contributed by atoms with E-state index >= 15 is 0 Å². The molecule has 0 aliphatic heterocycles. The van der Waals surface area contributed by atoms with Crippen LogP contribution in [-0.4, -0.2) is 11.9 Å². The van der Waals surface area contributed by atoms with Gasteiger partial charge in [-0.1, -0.05) is 45.4 Å². The molecule has 0 aromatic heterocycles. The molecule has 2 nitrogen and oxygen atoms in total. The number of hydrogen-bond donors (Lipinski definition) is 1. The van der Waals surface area contributed by atoms with E-state index in [-0.39, 0.29) is 0 Å². The van der Waals surface area contributed by atoms with Crippen LogP contribution in [0.2, 0.25) is 0 Å². The van der Waals surface area contributed by atoms with E-state index < -0.39 is 0 Å². The molecule has 1 atom stereocenters. The van der Waals surface area contributed by atoms with Crippen molar-refractivity contribution in [2.24, 2.45) is 11.8 Å². The van der Waals surface area contributed by atoms with E-state index in [0.29, 0.717) is 12.5 Å². The summed E-state index contributed by atoms with van der Waals surface area (Å²) in [5.74, 6) is 1.38. The number of rotatable bonds is 4. The molecule has 1 aliphatic carbocycles. The smallest absolute Gasteiger partial charge is 0.0850 e. The van der Waals surface area contributed by atoms with Gasteiger partial charge >= 0.3 is 0 Å². The van der Waals surface area contributed by atoms with Crippen LogP contribution in [0.4, 0.5) is 0 Å². The Bertz CT molecular complexity index is 106. The summed E-state index contributed by atoms with van der Waals surface area (Å²) in [7, 11) is 0. The molecule has 1 N–H and O–H groups in total. The SMILES string of the molecule is CCC(COO)C1CCCCC1. The van der Waals surface area contributed by atoms with Gasteiger partial charge in [-0.2, -0.15) is 0 Å². The van der Waals surface area contributed by atoms with Crippen LogP contribution in [0.25, 0.3) is 0 Å². The highest BCUT2D eigenvalue weighted by molar-refractivity contribution is 4.72.